The molecule has 17 heavy (non-hydrogen) atoms. The van der Waals surface area contributed by atoms with Crippen LogP contribution >= 0.6 is 0 Å². The van der Waals surface area contributed by atoms with Gasteiger partial charge in [0.25, 0.3) is 0 Å². The summed E-state index contributed by atoms with van der Waals surface area (Å²) in [6, 6.07) is -0.188. The van der Waals surface area contributed by atoms with E-state index in [0.29, 0.717) is 0 Å². The second-order valence-corrected chi connectivity index (χ2v) is 5.04. The van der Waals surface area contributed by atoms with E-state index in [9.17, 15) is 9.59 Å². The molecule has 6 heteroatoms. The number of hydrogen-bond acceptors (Lipinski definition) is 3. The summed E-state index contributed by atoms with van der Waals surface area (Å²) in [5, 5.41) is 14.2. The Bertz CT molecular complexity index is 298. The van der Waals surface area contributed by atoms with Crippen molar-refractivity contribution in [1.82, 2.24) is 10.6 Å². The third-order valence-corrected chi connectivity index (χ3v) is 3.03. The number of hydrogen-bond donors (Lipinski definition) is 3. The lowest BCUT2D eigenvalue weighted by molar-refractivity contribution is -0.146. The molecule has 0 heterocycles. The van der Waals surface area contributed by atoms with Crippen molar-refractivity contribution >= 4 is 12.0 Å². The quantitative estimate of drug-likeness (QED) is 0.660. The fourth-order valence-corrected chi connectivity index (χ4v) is 1.49. The van der Waals surface area contributed by atoms with Gasteiger partial charge >= 0.3 is 12.0 Å². The first-order valence-electron chi connectivity index (χ1n) is 5.65. The molecule has 1 rings (SSSR count). The Balaban J connectivity index is 2.20. The Hall–Kier alpha value is -1.30. The van der Waals surface area contributed by atoms with Crippen molar-refractivity contribution in [2.45, 2.75) is 38.8 Å². The van der Waals surface area contributed by atoms with E-state index in [1.54, 1.807) is 21.0 Å². The lowest BCUT2D eigenvalue weighted by Gasteiger charge is -2.34. The summed E-state index contributed by atoms with van der Waals surface area (Å²) in [6.45, 7) is 3.24. The van der Waals surface area contributed by atoms with Crippen molar-refractivity contribution in [2.75, 3.05) is 13.7 Å². The maximum atomic E-state index is 11.5. The molecule has 0 saturated heterocycles. The van der Waals surface area contributed by atoms with Crippen LogP contribution in [-0.4, -0.2) is 42.9 Å². The molecule has 2 amide bonds. The number of urea groups is 1. The molecule has 0 aromatic heterocycles. The van der Waals surface area contributed by atoms with E-state index in [2.05, 4.69) is 10.6 Å². The first-order chi connectivity index (χ1) is 7.85. The first kappa shape index (κ1) is 13.8. The zero-order chi connectivity index (χ0) is 13.1. The summed E-state index contributed by atoms with van der Waals surface area (Å²) in [5.41, 5.74) is -0.952. The van der Waals surface area contributed by atoms with E-state index in [1.807, 2.05) is 0 Å². The van der Waals surface area contributed by atoms with Crippen molar-refractivity contribution in [1.29, 1.82) is 0 Å². The van der Waals surface area contributed by atoms with Gasteiger partial charge in [-0.15, -0.1) is 0 Å². The fourth-order valence-electron chi connectivity index (χ4n) is 1.49. The predicted octanol–water partition coefficient (Wildman–Crippen LogP) is 0.574. The Morgan fingerprint density at radius 2 is 2.00 bits per heavy atom. The van der Waals surface area contributed by atoms with Crippen molar-refractivity contribution in [3.05, 3.63) is 0 Å². The average Bonchev–Trinajstić information content (AvgIpc) is 2.19. The van der Waals surface area contributed by atoms with Crippen molar-refractivity contribution in [3.8, 4) is 0 Å². The van der Waals surface area contributed by atoms with Gasteiger partial charge in [-0.05, 0) is 26.7 Å². The number of nitrogens with one attached hydrogen (secondary N) is 2. The fraction of sp³-hybridized carbons (Fsp3) is 0.818. The second kappa shape index (κ2) is 5.35. The highest BCUT2D eigenvalue weighted by atomic mass is 16.5. The monoisotopic (exact) mass is 244 g/mol. The number of carbonyl (C=O) groups is 2. The number of carboxylic acids is 1. The molecule has 1 saturated carbocycles. The summed E-state index contributed by atoms with van der Waals surface area (Å²) in [6.07, 6.45) is 1.86. The third-order valence-electron chi connectivity index (χ3n) is 3.03. The largest absolute Gasteiger partial charge is 0.481 e. The Labute approximate surface area is 101 Å². The molecule has 1 aliphatic carbocycles. The van der Waals surface area contributed by atoms with E-state index < -0.39 is 11.4 Å². The number of aliphatic carboxylic acids is 1. The molecule has 0 bridgehead atoms. The molecule has 6 nitrogen and oxygen atoms in total. The van der Waals surface area contributed by atoms with Crippen LogP contribution in [0.1, 0.15) is 26.7 Å². The molecular weight excluding hydrogens is 224 g/mol. The highest BCUT2D eigenvalue weighted by molar-refractivity contribution is 5.77. The van der Waals surface area contributed by atoms with Gasteiger partial charge in [0, 0.05) is 19.7 Å². The van der Waals surface area contributed by atoms with Crippen LogP contribution in [0.25, 0.3) is 0 Å². The molecule has 0 atom stereocenters. The van der Waals surface area contributed by atoms with Gasteiger partial charge in [-0.1, -0.05) is 0 Å². The van der Waals surface area contributed by atoms with Gasteiger partial charge < -0.3 is 20.5 Å². The summed E-state index contributed by atoms with van der Waals surface area (Å²) in [5.74, 6) is -0.930. The van der Waals surface area contributed by atoms with Gasteiger partial charge in [-0.25, -0.2) is 4.79 Å². The van der Waals surface area contributed by atoms with Crippen molar-refractivity contribution < 1.29 is 19.4 Å². The highest BCUT2D eigenvalue weighted by Gasteiger charge is 2.31. The lowest BCUT2D eigenvalue weighted by Crippen LogP contribution is -2.52. The van der Waals surface area contributed by atoms with E-state index >= 15 is 0 Å². The van der Waals surface area contributed by atoms with Crippen LogP contribution in [0.2, 0.25) is 0 Å². The molecular formula is C11H20N2O4. The smallest absolute Gasteiger partial charge is 0.315 e. The topological polar surface area (TPSA) is 87.7 Å². The van der Waals surface area contributed by atoms with Crippen LogP contribution in [0.5, 0.6) is 0 Å². The molecule has 0 aromatic carbocycles. The minimum atomic E-state index is -0.952. The standard InChI is InChI=1S/C11H20N2O4/c1-11(2,9(14)15)6-12-10(16)13-7-4-8(5-7)17-3/h7-8H,4-6H2,1-3H3,(H,14,15)(H2,12,13,16). The van der Waals surface area contributed by atoms with Gasteiger partial charge in [0.15, 0.2) is 0 Å². The van der Waals surface area contributed by atoms with Gasteiger partial charge in [-0.2, -0.15) is 0 Å². The van der Waals surface area contributed by atoms with E-state index in [0.717, 1.165) is 12.8 Å². The Morgan fingerprint density at radius 1 is 1.41 bits per heavy atom. The van der Waals surface area contributed by atoms with Crippen LogP contribution in [0.15, 0.2) is 0 Å². The molecule has 0 unspecified atom stereocenters. The maximum absolute atomic E-state index is 11.5. The van der Waals surface area contributed by atoms with Crippen LogP contribution < -0.4 is 10.6 Å². The SMILES string of the molecule is COC1CC(NC(=O)NCC(C)(C)C(=O)O)C1. The van der Waals surface area contributed by atoms with Gasteiger partial charge in [-0.3, -0.25) is 4.79 Å². The van der Waals surface area contributed by atoms with Gasteiger partial charge in [0.2, 0.25) is 0 Å². The zero-order valence-electron chi connectivity index (χ0n) is 10.4. The molecule has 98 valence electrons. The number of carbonyl (C=O) groups excluding carboxylic acids is 1. The van der Waals surface area contributed by atoms with E-state index in [-0.39, 0.29) is 24.7 Å². The second-order valence-electron chi connectivity index (χ2n) is 5.04. The van der Waals surface area contributed by atoms with E-state index in [4.69, 9.17) is 9.84 Å². The number of methoxy groups -OCH3 is 1. The number of amides is 2. The normalized spacial score (nSPS) is 23.7. The molecule has 1 aliphatic rings. The van der Waals surface area contributed by atoms with Crippen LogP contribution in [0.4, 0.5) is 4.79 Å². The average molecular weight is 244 g/mol. The number of ether oxygens (including phenoxy) is 1. The first-order valence-corrected chi connectivity index (χ1v) is 5.65. The predicted molar refractivity (Wildman–Crippen MR) is 61.8 cm³/mol. The third kappa shape index (κ3) is 3.89. The van der Waals surface area contributed by atoms with Crippen molar-refractivity contribution in [2.24, 2.45) is 5.41 Å². The number of rotatable bonds is 5. The van der Waals surface area contributed by atoms with Crippen LogP contribution in [0.3, 0.4) is 0 Å². The lowest BCUT2D eigenvalue weighted by atomic mass is 9.89. The van der Waals surface area contributed by atoms with Crippen LogP contribution in [0, 0.1) is 5.41 Å². The maximum Gasteiger partial charge on any atom is 0.315 e. The molecule has 0 radical (unpaired) electrons. The molecule has 0 aliphatic heterocycles. The minimum absolute atomic E-state index is 0.106. The van der Waals surface area contributed by atoms with Gasteiger partial charge in [0.05, 0.1) is 11.5 Å². The molecule has 0 aromatic rings. The van der Waals surface area contributed by atoms with Crippen molar-refractivity contribution in [3.63, 3.8) is 0 Å². The molecule has 1 fully saturated rings. The number of carboxylic acid groups (broad SMARTS) is 1. The summed E-state index contributed by atoms with van der Waals surface area (Å²) >= 11 is 0. The Kier molecular flexibility index (Phi) is 4.34. The van der Waals surface area contributed by atoms with Crippen LogP contribution in [-0.2, 0) is 9.53 Å². The minimum Gasteiger partial charge on any atom is -0.481 e. The van der Waals surface area contributed by atoms with Gasteiger partial charge in [0.1, 0.15) is 0 Å². The summed E-state index contributed by atoms with van der Waals surface area (Å²) in [7, 11) is 1.65. The Morgan fingerprint density at radius 3 is 2.47 bits per heavy atom. The summed E-state index contributed by atoms with van der Waals surface area (Å²) in [4.78, 5) is 22.3. The molecule has 0 spiro atoms. The van der Waals surface area contributed by atoms with E-state index in [1.165, 1.54) is 0 Å². The highest BCUT2D eigenvalue weighted by Crippen LogP contribution is 2.22. The molecule has 3 N–H and O–H groups in total. The summed E-state index contributed by atoms with van der Waals surface area (Å²) < 4.78 is 5.09. The zero-order valence-corrected chi connectivity index (χ0v) is 10.4.